The van der Waals surface area contributed by atoms with Crippen molar-refractivity contribution in [1.82, 2.24) is 9.97 Å². The molecule has 0 bridgehead atoms. The van der Waals surface area contributed by atoms with Gasteiger partial charge in [0.05, 0.1) is 37.0 Å². The van der Waals surface area contributed by atoms with Gasteiger partial charge in [0.15, 0.2) is 0 Å². The summed E-state index contributed by atoms with van der Waals surface area (Å²) >= 11 is 0. The Balaban J connectivity index is 1.43. The Bertz CT molecular complexity index is 1890. The summed E-state index contributed by atoms with van der Waals surface area (Å²) in [5, 5.41) is 3.30. The number of hydrogen-bond donors (Lipinski definition) is 2. The molecule has 2 heterocycles. The summed E-state index contributed by atoms with van der Waals surface area (Å²) in [4.78, 5) is 24.3. The van der Waals surface area contributed by atoms with Crippen molar-refractivity contribution in [1.29, 1.82) is 0 Å². The number of fused-ring (bicyclic) bond motifs is 1. The van der Waals surface area contributed by atoms with Crippen LogP contribution in [0.1, 0.15) is 21.5 Å². The summed E-state index contributed by atoms with van der Waals surface area (Å²) < 4.78 is 51.2. The Kier molecular flexibility index (Phi) is 8.03. The van der Waals surface area contributed by atoms with Crippen LogP contribution < -0.4 is 20.7 Å². The van der Waals surface area contributed by atoms with Gasteiger partial charge in [-0.25, -0.2) is 9.97 Å². The van der Waals surface area contributed by atoms with Crippen LogP contribution in [0.15, 0.2) is 79.0 Å². The molecule has 0 radical (unpaired) electrons. The summed E-state index contributed by atoms with van der Waals surface area (Å²) in [5.41, 5.74) is 11.0. The van der Waals surface area contributed by atoms with Gasteiger partial charge in [-0.05, 0) is 72.1 Å². The van der Waals surface area contributed by atoms with Crippen molar-refractivity contribution in [2.45, 2.75) is 13.1 Å². The minimum atomic E-state index is -4.53. The predicted octanol–water partition coefficient (Wildman–Crippen LogP) is 6.97. The van der Waals surface area contributed by atoms with Crippen LogP contribution in [-0.2, 0) is 10.9 Å². The number of alkyl halides is 3. The first-order valence-corrected chi connectivity index (χ1v) is 14.3. The maximum Gasteiger partial charge on any atom is 0.416 e. The number of rotatable bonds is 6. The molecule has 0 unspecified atom stereocenters. The van der Waals surface area contributed by atoms with E-state index >= 15 is 0 Å². The minimum absolute atomic E-state index is 0.0396. The summed E-state index contributed by atoms with van der Waals surface area (Å²) in [6, 6.07) is 19.6. The summed E-state index contributed by atoms with van der Waals surface area (Å²) in [5.74, 6) is 0.0940. The lowest BCUT2D eigenvalue weighted by molar-refractivity contribution is -0.137. The molecule has 1 saturated heterocycles. The van der Waals surface area contributed by atoms with E-state index in [-0.39, 0.29) is 17.2 Å². The quantitative estimate of drug-likeness (QED) is 0.213. The van der Waals surface area contributed by atoms with E-state index in [2.05, 4.69) is 20.2 Å². The van der Waals surface area contributed by atoms with Gasteiger partial charge in [-0.2, -0.15) is 13.2 Å². The molecule has 230 valence electrons. The molecule has 0 saturated carbocycles. The molecule has 1 amide bonds. The zero-order valence-electron chi connectivity index (χ0n) is 24.6. The highest BCUT2D eigenvalue weighted by molar-refractivity contribution is 6.07. The van der Waals surface area contributed by atoms with Gasteiger partial charge >= 0.3 is 6.18 Å². The van der Waals surface area contributed by atoms with Crippen molar-refractivity contribution in [3.8, 4) is 28.0 Å². The van der Waals surface area contributed by atoms with Crippen LogP contribution in [0.3, 0.4) is 0 Å². The number of anilines is 3. The Morgan fingerprint density at radius 2 is 1.76 bits per heavy atom. The van der Waals surface area contributed by atoms with E-state index in [1.165, 1.54) is 12.1 Å². The largest absolute Gasteiger partial charge is 0.495 e. The van der Waals surface area contributed by atoms with Crippen LogP contribution in [0.25, 0.3) is 33.2 Å². The second-order valence-electron chi connectivity index (χ2n) is 10.7. The van der Waals surface area contributed by atoms with Gasteiger partial charge < -0.3 is 25.4 Å². The monoisotopic (exact) mass is 613 g/mol. The number of nitrogens with one attached hydrogen (secondary N) is 1. The molecule has 3 N–H and O–H groups in total. The van der Waals surface area contributed by atoms with Gasteiger partial charge in [0.2, 0.25) is 5.95 Å². The third-order valence-corrected chi connectivity index (χ3v) is 7.82. The van der Waals surface area contributed by atoms with E-state index in [0.717, 1.165) is 42.0 Å². The maximum absolute atomic E-state index is 13.3. The number of benzene rings is 4. The molecular weight excluding hydrogens is 583 g/mol. The zero-order valence-corrected chi connectivity index (χ0v) is 24.6. The molecule has 0 atom stereocenters. The number of hydrogen-bond acceptors (Lipinski definition) is 7. The Morgan fingerprint density at radius 1 is 1.00 bits per heavy atom. The molecule has 0 spiro atoms. The van der Waals surface area contributed by atoms with E-state index in [1.54, 1.807) is 31.5 Å². The van der Waals surface area contributed by atoms with Crippen molar-refractivity contribution in [2.75, 3.05) is 49.4 Å². The number of carbonyl (C=O) groups excluding carboxylic acids is 1. The van der Waals surface area contributed by atoms with Gasteiger partial charge in [-0.3, -0.25) is 4.79 Å². The van der Waals surface area contributed by atoms with Crippen LogP contribution in [0.4, 0.5) is 30.5 Å². The van der Waals surface area contributed by atoms with E-state index < -0.39 is 17.6 Å². The number of halogens is 3. The van der Waals surface area contributed by atoms with E-state index in [0.29, 0.717) is 46.6 Å². The van der Waals surface area contributed by atoms with E-state index in [9.17, 15) is 18.0 Å². The van der Waals surface area contributed by atoms with Crippen molar-refractivity contribution >= 4 is 34.1 Å². The Hall–Kier alpha value is -5.16. The highest BCUT2D eigenvalue weighted by Gasteiger charge is 2.30. The third-order valence-electron chi connectivity index (χ3n) is 7.82. The molecule has 1 fully saturated rings. The number of methoxy groups -OCH3 is 1. The first kappa shape index (κ1) is 29.9. The van der Waals surface area contributed by atoms with Crippen LogP contribution in [-0.4, -0.2) is 49.3 Å². The fraction of sp³-hybridized carbons (Fsp3) is 0.206. The molecule has 11 heteroatoms. The minimum Gasteiger partial charge on any atom is -0.495 e. The van der Waals surface area contributed by atoms with Crippen molar-refractivity contribution < 1.29 is 27.4 Å². The highest BCUT2D eigenvalue weighted by Crippen LogP contribution is 2.45. The first-order valence-electron chi connectivity index (χ1n) is 14.3. The van der Waals surface area contributed by atoms with Crippen LogP contribution in [0.5, 0.6) is 5.75 Å². The maximum atomic E-state index is 13.3. The zero-order chi connectivity index (χ0) is 31.7. The van der Waals surface area contributed by atoms with Gasteiger partial charge in [0.1, 0.15) is 5.75 Å². The number of nitrogens with two attached hydrogens (primary N) is 1. The fourth-order valence-electron chi connectivity index (χ4n) is 5.54. The van der Waals surface area contributed by atoms with Crippen molar-refractivity contribution in [3.05, 3.63) is 95.7 Å². The van der Waals surface area contributed by atoms with E-state index in [1.807, 2.05) is 37.3 Å². The van der Waals surface area contributed by atoms with Gasteiger partial charge in [0.25, 0.3) is 5.91 Å². The number of aromatic nitrogens is 2. The summed E-state index contributed by atoms with van der Waals surface area (Å²) in [6.07, 6.45) is -2.88. The smallest absolute Gasteiger partial charge is 0.416 e. The average Bonchev–Trinajstić information content (AvgIpc) is 3.04. The topological polar surface area (TPSA) is 103 Å². The van der Waals surface area contributed by atoms with Gasteiger partial charge in [0, 0.05) is 47.2 Å². The third kappa shape index (κ3) is 6.12. The number of morpholine rings is 1. The number of carbonyl (C=O) groups is 1. The second kappa shape index (κ2) is 12.1. The standard InChI is InChI=1S/C34H30F3N5O3/c1-20-6-7-22(32(43)40-25-5-3-4-24(18-25)34(35,36)37)16-27(20)28-17-23-19-39-33(38)41-30(23)29(31(28)44-2)21-8-10-26(11-9-21)42-12-14-45-15-13-42/h3-11,16-19H,12-15H2,1-2H3,(H,40,43)(H2,38,39,41). The molecule has 5 aromatic rings. The number of aryl methyl sites for hydroxylation is 1. The molecule has 1 aliphatic heterocycles. The molecule has 4 aromatic carbocycles. The van der Waals surface area contributed by atoms with Crippen LogP contribution in [0, 0.1) is 6.92 Å². The SMILES string of the molecule is COc1c(-c2cc(C(=O)Nc3cccc(C(F)(F)F)c3)ccc2C)cc2cnc(N)nc2c1-c1ccc(N2CCOCC2)cc1. The molecule has 8 nitrogen and oxygen atoms in total. The van der Waals surface area contributed by atoms with E-state index in [4.69, 9.17) is 15.2 Å². The Labute approximate surface area is 257 Å². The number of ether oxygens (including phenoxy) is 2. The van der Waals surface area contributed by atoms with Gasteiger partial charge in [-0.1, -0.05) is 24.3 Å². The van der Waals surface area contributed by atoms with Crippen LogP contribution >= 0.6 is 0 Å². The molecule has 6 rings (SSSR count). The number of nitrogen functional groups attached to an aromatic ring is 1. The normalized spacial score (nSPS) is 13.6. The van der Waals surface area contributed by atoms with Gasteiger partial charge in [-0.15, -0.1) is 0 Å². The molecule has 45 heavy (non-hydrogen) atoms. The molecule has 1 aromatic heterocycles. The fourth-order valence-corrected chi connectivity index (χ4v) is 5.54. The lowest BCUT2D eigenvalue weighted by Crippen LogP contribution is -2.36. The predicted molar refractivity (Wildman–Crippen MR) is 169 cm³/mol. The molecular formula is C34H30F3N5O3. The number of amides is 1. The second-order valence-corrected chi connectivity index (χ2v) is 10.7. The number of nitrogens with zero attached hydrogens (tertiary/aromatic N) is 3. The molecule has 1 aliphatic rings. The summed E-state index contributed by atoms with van der Waals surface area (Å²) in [7, 11) is 1.57. The average molecular weight is 614 g/mol. The van der Waals surface area contributed by atoms with Crippen molar-refractivity contribution in [2.24, 2.45) is 0 Å². The first-order chi connectivity index (χ1) is 21.6. The molecule has 0 aliphatic carbocycles. The lowest BCUT2D eigenvalue weighted by atomic mass is 9.91. The lowest BCUT2D eigenvalue weighted by Gasteiger charge is -2.29. The summed E-state index contributed by atoms with van der Waals surface area (Å²) in [6.45, 7) is 4.87. The highest BCUT2D eigenvalue weighted by atomic mass is 19.4. The van der Waals surface area contributed by atoms with Crippen LogP contribution in [0.2, 0.25) is 0 Å². The Morgan fingerprint density at radius 3 is 2.47 bits per heavy atom. The van der Waals surface area contributed by atoms with Crippen molar-refractivity contribution in [3.63, 3.8) is 0 Å².